The van der Waals surface area contributed by atoms with Crippen LogP contribution in [0.15, 0.2) is 24.3 Å². The molecule has 2 saturated heterocycles. The molecule has 1 aromatic carbocycles. The van der Waals surface area contributed by atoms with Crippen LogP contribution in [0.5, 0.6) is 0 Å². The highest BCUT2D eigenvalue weighted by atomic mass is 16.5. The number of urea groups is 1. The Kier molecular flexibility index (Phi) is 6.12. The Hall–Kier alpha value is -3.20. The van der Waals surface area contributed by atoms with Gasteiger partial charge in [-0.3, -0.25) is 4.79 Å². The molecule has 0 unspecified atom stereocenters. The van der Waals surface area contributed by atoms with Crippen LogP contribution in [0.3, 0.4) is 0 Å². The fourth-order valence-electron chi connectivity index (χ4n) is 5.47. The molecule has 9 nitrogen and oxygen atoms in total. The predicted molar refractivity (Wildman–Crippen MR) is 130 cm³/mol. The molecule has 0 saturated carbocycles. The molecule has 34 heavy (non-hydrogen) atoms. The first kappa shape index (κ1) is 22.6. The van der Waals surface area contributed by atoms with E-state index in [1.807, 2.05) is 36.1 Å². The van der Waals surface area contributed by atoms with E-state index in [0.717, 1.165) is 42.9 Å². The average Bonchev–Trinajstić information content (AvgIpc) is 3.15. The van der Waals surface area contributed by atoms with Crippen LogP contribution in [0, 0.1) is 0 Å². The van der Waals surface area contributed by atoms with Gasteiger partial charge in [-0.2, -0.15) is 0 Å². The van der Waals surface area contributed by atoms with Gasteiger partial charge >= 0.3 is 6.03 Å². The van der Waals surface area contributed by atoms with Crippen LogP contribution in [0.25, 0.3) is 11.4 Å². The summed E-state index contributed by atoms with van der Waals surface area (Å²) in [5, 5.41) is 5.55. The molecule has 3 atom stereocenters. The summed E-state index contributed by atoms with van der Waals surface area (Å²) in [7, 11) is 0. The van der Waals surface area contributed by atoms with E-state index in [-0.39, 0.29) is 30.1 Å². The molecule has 2 N–H and O–H groups in total. The van der Waals surface area contributed by atoms with Gasteiger partial charge in [0.05, 0.1) is 31.0 Å². The fraction of sp³-hybridized carbons (Fsp3) is 0.520. The van der Waals surface area contributed by atoms with Gasteiger partial charge in [0.1, 0.15) is 5.82 Å². The summed E-state index contributed by atoms with van der Waals surface area (Å²) in [5.41, 5.74) is 3.74. The van der Waals surface area contributed by atoms with E-state index >= 15 is 0 Å². The number of ether oxygens (including phenoxy) is 1. The number of nitrogens with one attached hydrogen (secondary N) is 2. The SMILES string of the molecule is CCNC(=O)Nc1ccc(-c2nc3c(c(N4CCOC[C@@H]4C)n2)C[C@H]2CC[C@@H]3N2C(C)=O)cc1. The number of benzene rings is 1. The second-order valence-electron chi connectivity index (χ2n) is 9.29. The molecule has 2 bridgehead atoms. The number of carbonyl (C=O) groups is 2. The summed E-state index contributed by atoms with van der Waals surface area (Å²) in [6.07, 6.45) is 2.72. The van der Waals surface area contributed by atoms with Gasteiger partial charge in [0.15, 0.2) is 5.82 Å². The summed E-state index contributed by atoms with van der Waals surface area (Å²) in [6.45, 7) is 8.38. The molecular formula is C25H32N6O3. The molecule has 4 heterocycles. The largest absolute Gasteiger partial charge is 0.377 e. The summed E-state index contributed by atoms with van der Waals surface area (Å²) >= 11 is 0. The standard InChI is InChI=1S/C25H32N6O3/c1-4-26-25(33)27-18-7-5-17(6-8-18)23-28-22-20(13-19-9-10-21(22)31(19)16(3)32)24(29-23)30-11-12-34-14-15(30)2/h5-8,15,19,21H,4,9-14H2,1-3H3,(H2,26,27,33)/t15-,19+,21-/m0/s1. The van der Waals surface area contributed by atoms with Gasteiger partial charge in [0.2, 0.25) is 5.91 Å². The summed E-state index contributed by atoms with van der Waals surface area (Å²) in [6, 6.07) is 7.78. The molecule has 2 fully saturated rings. The van der Waals surface area contributed by atoms with Gasteiger partial charge in [0, 0.05) is 42.9 Å². The van der Waals surface area contributed by atoms with E-state index in [0.29, 0.717) is 31.3 Å². The topological polar surface area (TPSA) is 99.7 Å². The maximum Gasteiger partial charge on any atom is 0.319 e. The number of anilines is 2. The summed E-state index contributed by atoms with van der Waals surface area (Å²) in [5.74, 6) is 1.73. The number of carbonyl (C=O) groups excluding carboxylic acids is 2. The van der Waals surface area contributed by atoms with Crippen LogP contribution in [0.4, 0.5) is 16.3 Å². The number of nitrogens with zero attached hydrogens (tertiary/aromatic N) is 4. The van der Waals surface area contributed by atoms with Crippen LogP contribution in [0.2, 0.25) is 0 Å². The van der Waals surface area contributed by atoms with E-state index in [1.165, 1.54) is 5.56 Å². The lowest BCUT2D eigenvalue weighted by atomic mass is 9.96. The van der Waals surface area contributed by atoms with E-state index in [1.54, 1.807) is 6.92 Å². The van der Waals surface area contributed by atoms with E-state index in [2.05, 4.69) is 22.5 Å². The zero-order valence-corrected chi connectivity index (χ0v) is 20.0. The maximum absolute atomic E-state index is 12.5. The van der Waals surface area contributed by atoms with Crippen molar-refractivity contribution in [3.63, 3.8) is 0 Å². The van der Waals surface area contributed by atoms with Crippen molar-refractivity contribution in [3.05, 3.63) is 35.5 Å². The third-order valence-corrected chi connectivity index (χ3v) is 7.02. The van der Waals surface area contributed by atoms with Crippen LogP contribution in [-0.4, -0.2) is 65.2 Å². The van der Waals surface area contributed by atoms with Crippen molar-refractivity contribution in [2.75, 3.05) is 36.5 Å². The first-order valence-corrected chi connectivity index (χ1v) is 12.2. The van der Waals surface area contributed by atoms with Crippen molar-refractivity contribution in [1.82, 2.24) is 20.2 Å². The number of hydrogen-bond donors (Lipinski definition) is 2. The van der Waals surface area contributed by atoms with E-state index < -0.39 is 0 Å². The lowest BCUT2D eigenvalue weighted by Gasteiger charge is -2.40. The fourth-order valence-corrected chi connectivity index (χ4v) is 5.47. The van der Waals surface area contributed by atoms with Gasteiger partial charge in [-0.25, -0.2) is 14.8 Å². The molecule has 9 heteroatoms. The number of rotatable bonds is 4. The van der Waals surface area contributed by atoms with Crippen molar-refractivity contribution in [3.8, 4) is 11.4 Å². The van der Waals surface area contributed by atoms with Crippen molar-refractivity contribution >= 4 is 23.4 Å². The number of amides is 3. The third kappa shape index (κ3) is 4.09. The Morgan fingerprint density at radius 2 is 1.97 bits per heavy atom. The quantitative estimate of drug-likeness (QED) is 0.721. The second kappa shape index (κ2) is 9.21. The molecule has 3 aliphatic heterocycles. The third-order valence-electron chi connectivity index (χ3n) is 7.02. The Balaban J connectivity index is 1.55. The minimum absolute atomic E-state index is 0.00164. The van der Waals surface area contributed by atoms with Crippen LogP contribution >= 0.6 is 0 Å². The molecule has 2 aromatic rings. The first-order valence-electron chi connectivity index (χ1n) is 12.2. The van der Waals surface area contributed by atoms with Crippen LogP contribution in [0.1, 0.15) is 50.9 Å². The van der Waals surface area contributed by atoms with E-state index in [4.69, 9.17) is 14.7 Å². The summed E-state index contributed by atoms with van der Waals surface area (Å²) in [4.78, 5) is 38.8. The molecule has 3 amide bonds. The maximum atomic E-state index is 12.5. The number of morpholine rings is 1. The molecule has 0 aliphatic carbocycles. The van der Waals surface area contributed by atoms with Crippen LogP contribution in [-0.2, 0) is 16.0 Å². The highest BCUT2D eigenvalue weighted by Crippen LogP contribution is 2.46. The number of fused-ring (bicyclic) bond motifs is 4. The Labute approximate surface area is 199 Å². The van der Waals surface area contributed by atoms with Crippen molar-refractivity contribution < 1.29 is 14.3 Å². The highest BCUT2D eigenvalue weighted by Gasteiger charge is 2.44. The van der Waals surface area contributed by atoms with Crippen LogP contribution < -0.4 is 15.5 Å². The number of aromatic nitrogens is 2. The molecule has 5 rings (SSSR count). The van der Waals surface area contributed by atoms with Gasteiger partial charge in [-0.1, -0.05) is 0 Å². The van der Waals surface area contributed by atoms with Gasteiger partial charge in [-0.15, -0.1) is 0 Å². The minimum Gasteiger partial charge on any atom is -0.377 e. The van der Waals surface area contributed by atoms with Crippen molar-refractivity contribution in [1.29, 1.82) is 0 Å². The molecule has 1 aromatic heterocycles. The van der Waals surface area contributed by atoms with Gasteiger partial charge in [-0.05, 0) is 57.4 Å². The Morgan fingerprint density at radius 1 is 1.18 bits per heavy atom. The van der Waals surface area contributed by atoms with Gasteiger partial charge in [0.25, 0.3) is 0 Å². The average molecular weight is 465 g/mol. The molecule has 0 radical (unpaired) electrons. The normalized spacial score (nSPS) is 23.4. The lowest BCUT2D eigenvalue weighted by molar-refractivity contribution is -0.132. The van der Waals surface area contributed by atoms with Gasteiger partial charge < -0.3 is 25.2 Å². The van der Waals surface area contributed by atoms with Crippen molar-refractivity contribution in [2.45, 2.75) is 58.2 Å². The Morgan fingerprint density at radius 3 is 2.68 bits per heavy atom. The monoisotopic (exact) mass is 464 g/mol. The minimum atomic E-state index is -0.232. The second-order valence-corrected chi connectivity index (χ2v) is 9.29. The highest BCUT2D eigenvalue weighted by molar-refractivity contribution is 5.89. The zero-order chi connectivity index (χ0) is 23.8. The van der Waals surface area contributed by atoms with E-state index in [9.17, 15) is 9.59 Å². The summed E-state index contributed by atoms with van der Waals surface area (Å²) < 4.78 is 5.68. The molecular weight excluding hydrogens is 432 g/mol. The van der Waals surface area contributed by atoms with Crippen molar-refractivity contribution in [2.24, 2.45) is 0 Å². The molecule has 180 valence electrons. The Bertz CT molecular complexity index is 1090. The molecule has 0 spiro atoms. The first-order chi connectivity index (χ1) is 16.5. The lowest BCUT2D eigenvalue weighted by Crippen LogP contribution is -2.46. The molecule has 3 aliphatic rings. The predicted octanol–water partition coefficient (Wildman–Crippen LogP) is 3.12. The number of hydrogen-bond acceptors (Lipinski definition) is 6. The zero-order valence-electron chi connectivity index (χ0n) is 20.0. The smallest absolute Gasteiger partial charge is 0.319 e.